The lowest BCUT2D eigenvalue weighted by molar-refractivity contribution is 0.0523. The summed E-state index contributed by atoms with van der Waals surface area (Å²) in [6, 6.07) is 7.10. The molecule has 0 aliphatic carbocycles. The number of carbonyl (C=O) groups is 2. The minimum Gasteiger partial charge on any atom is -0.444 e. The molecule has 0 unspecified atom stereocenters. The molecule has 6 heteroatoms. The summed E-state index contributed by atoms with van der Waals surface area (Å²) in [4.78, 5) is 31.8. The number of amides is 1. The Morgan fingerprint density at radius 2 is 1.83 bits per heavy atom. The Kier molecular flexibility index (Phi) is 5.63. The van der Waals surface area contributed by atoms with Crippen molar-refractivity contribution in [1.29, 1.82) is 0 Å². The van der Waals surface area contributed by atoms with Crippen LogP contribution < -0.4 is 5.32 Å². The molecular formula is C18H21N3O3. The van der Waals surface area contributed by atoms with Gasteiger partial charge in [-0.15, -0.1) is 0 Å². The van der Waals surface area contributed by atoms with Gasteiger partial charge in [0.05, 0.1) is 12.1 Å². The van der Waals surface area contributed by atoms with E-state index < -0.39 is 11.7 Å². The van der Waals surface area contributed by atoms with Crippen LogP contribution in [0.5, 0.6) is 0 Å². The van der Waals surface area contributed by atoms with E-state index in [0.29, 0.717) is 17.8 Å². The normalized spacial score (nSPS) is 11.0. The van der Waals surface area contributed by atoms with Gasteiger partial charge in [0.1, 0.15) is 5.60 Å². The van der Waals surface area contributed by atoms with Gasteiger partial charge in [-0.3, -0.25) is 14.8 Å². The zero-order chi connectivity index (χ0) is 17.6. The maximum atomic E-state index is 12.2. The summed E-state index contributed by atoms with van der Waals surface area (Å²) in [5.41, 5.74) is 1.59. The third-order valence-electron chi connectivity index (χ3n) is 3.07. The molecule has 1 heterocycles. The van der Waals surface area contributed by atoms with Gasteiger partial charge in [-0.05, 0) is 26.3 Å². The number of hydrogen-bond acceptors (Lipinski definition) is 5. The Labute approximate surface area is 141 Å². The van der Waals surface area contributed by atoms with Crippen molar-refractivity contribution in [3.05, 3.63) is 59.7 Å². The fourth-order valence-corrected chi connectivity index (χ4v) is 1.98. The van der Waals surface area contributed by atoms with Crippen LogP contribution in [0.15, 0.2) is 42.9 Å². The lowest BCUT2D eigenvalue weighted by Crippen LogP contribution is -2.32. The summed E-state index contributed by atoms with van der Waals surface area (Å²) in [6.45, 7) is 5.77. The van der Waals surface area contributed by atoms with Gasteiger partial charge in [-0.1, -0.05) is 24.3 Å². The van der Waals surface area contributed by atoms with Gasteiger partial charge in [0.2, 0.25) is 0 Å². The summed E-state index contributed by atoms with van der Waals surface area (Å²) in [6.07, 6.45) is 4.46. The van der Waals surface area contributed by atoms with Crippen LogP contribution >= 0.6 is 0 Å². The van der Waals surface area contributed by atoms with Crippen molar-refractivity contribution in [2.45, 2.75) is 39.3 Å². The van der Waals surface area contributed by atoms with Crippen LogP contribution in [0.2, 0.25) is 0 Å². The van der Waals surface area contributed by atoms with E-state index in [9.17, 15) is 9.59 Å². The quantitative estimate of drug-likeness (QED) is 0.854. The molecule has 1 aromatic heterocycles. The van der Waals surface area contributed by atoms with Crippen molar-refractivity contribution in [2.75, 3.05) is 0 Å². The standard InChI is InChI=1S/C18H21N3O3/c1-18(2,3)24-17(23)21-11-13-4-6-14(7-5-13)16(22)10-15-12-19-8-9-20-15/h4-9,12H,10-11H2,1-3H3,(H,21,23). The molecule has 2 aromatic rings. The number of nitrogens with zero attached hydrogens (tertiary/aromatic N) is 2. The van der Waals surface area contributed by atoms with E-state index in [0.717, 1.165) is 5.56 Å². The Morgan fingerprint density at radius 3 is 2.42 bits per heavy atom. The number of aromatic nitrogens is 2. The average Bonchev–Trinajstić information content (AvgIpc) is 2.53. The fourth-order valence-electron chi connectivity index (χ4n) is 1.98. The number of benzene rings is 1. The Balaban J connectivity index is 1.88. The highest BCUT2D eigenvalue weighted by molar-refractivity contribution is 5.97. The van der Waals surface area contributed by atoms with Crippen LogP contribution in [0.4, 0.5) is 4.79 Å². The lowest BCUT2D eigenvalue weighted by atomic mass is 10.0. The number of carbonyl (C=O) groups excluding carboxylic acids is 2. The van der Waals surface area contributed by atoms with Gasteiger partial charge >= 0.3 is 6.09 Å². The SMILES string of the molecule is CC(C)(C)OC(=O)NCc1ccc(C(=O)Cc2cnccn2)cc1. The highest BCUT2D eigenvalue weighted by Gasteiger charge is 2.15. The second kappa shape index (κ2) is 7.68. The second-order valence-electron chi connectivity index (χ2n) is 6.35. The smallest absolute Gasteiger partial charge is 0.407 e. The largest absolute Gasteiger partial charge is 0.444 e. The van der Waals surface area contributed by atoms with Crippen LogP contribution in [0.25, 0.3) is 0 Å². The summed E-state index contributed by atoms with van der Waals surface area (Å²) < 4.78 is 5.17. The summed E-state index contributed by atoms with van der Waals surface area (Å²) in [5, 5.41) is 2.68. The van der Waals surface area contributed by atoms with Crippen LogP contribution in [0.1, 0.15) is 42.4 Å². The number of alkyl carbamates (subject to hydrolysis) is 1. The Bertz CT molecular complexity index is 692. The molecule has 0 aliphatic heterocycles. The molecule has 1 aromatic carbocycles. The third-order valence-corrected chi connectivity index (χ3v) is 3.07. The molecule has 0 fully saturated rings. The first kappa shape index (κ1) is 17.6. The summed E-state index contributed by atoms with van der Waals surface area (Å²) in [5.74, 6) is -0.0258. The second-order valence-corrected chi connectivity index (χ2v) is 6.35. The molecule has 0 saturated heterocycles. The van der Waals surface area contributed by atoms with Crippen molar-refractivity contribution >= 4 is 11.9 Å². The van der Waals surface area contributed by atoms with E-state index in [4.69, 9.17) is 4.74 Å². The molecular weight excluding hydrogens is 306 g/mol. The predicted molar refractivity (Wildman–Crippen MR) is 89.6 cm³/mol. The van der Waals surface area contributed by atoms with E-state index in [1.807, 2.05) is 20.8 Å². The third kappa shape index (κ3) is 5.79. The lowest BCUT2D eigenvalue weighted by Gasteiger charge is -2.19. The van der Waals surface area contributed by atoms with Gasteiger partial charge < -0.3 is 10.1 Å². The first-order valence-corrected chi connectivity index (χ1v) is 7.67. The monoisotopic (exact) mass is 327 g/mol. The van der Waals surface area contributed by atoms with E-state index in [1.165, 1.54) is 0 Å². The Hall–Kier alpha value is -2.76. The van der Waals surface area contributed by atoms with Gasteiger partial charge in [0.15, 0.2) is 5.78 Å². The number of hydrogen-bond donors (Lipinski definition) is 1. The molecule has 24 heavy (non-hydrogen) atoms. The van der Waals surface area contributed by atoms with E-state index >= 15 is 0 Å². The summed E-state index contributed by atoms with van der Waals surface area (Å²) >= 11 is 0. The first-order chi connectivity index (χ1) is 11.3. The molecule has 1 N–H and O–H groups in total. The van der Waals surface area contributed by atoms with E-state index in [-0.39, 0.29) is 12.2 Å². The van der Waals surface area contributed by atoms with E-state index in [1.54, 1.807) is 42.9 Å². The van der Waals surface area contributed by atoms with Crippen LogP contribution in [-0.4, -0.2) is 27.4 Å². The summed E-state index contributed by atoms with van der Waals surface area (Å²) in [7, 11) is 0. The van der Waals surface area contributed by atoms with E-state index in [2.05, 4.69) is 15.3 Å². The molecule has 6 nitrogen and oxygen atoms in total. The minimum absolute atomic E-state index is 0.0258. The fraction of sp³-hybridized carbons (Fsp3) is 0.333. The van der Waals surface area contributed by atoms with Crippen molar-refractivity contribution < 1.29 is 14.3 Å². The maximum Gasteiger partial charge on any atom is 0.407 e. The van der Waals surface area contributed by atoms with Crippen molar-refractivity contribution in [1.82, 2.24) is 15.3 Å². The molecule has 0 atom stereocenters. The molecule has 0 saturated carbocycles. The molecule has 0 bridgehead atoms. The molecule has 0 radical (unpaired) electrons. The minimum atomic E-state index is -0.527. The molecule has 2 rings (SSSR count). The highest BCUT2D eigenvalue weighted by atomic mass is 16.6. The zero-order valence-electron chi connectivity index (χ0n) is 14.1. The number of ether oxygens (including phenoxy) is 1. The Morgan fingerprint density at radius 1 is 1.12 bits per heavy atom. The predicted octanol–water partition coefficient (Wildman–Crippen LogP) is 2.93. The molecule has 0 spiro atoms. The van der Waals surface area contributed by atoms with Crippen LogP contribution in [0, 0.1) is 0 Å². The number of ketones is 1. The van der Waals surface area contributed by atoms with Gasteiger partial charge in [0.25, 0.3) is 0 Å². The van der Waals surface area contributed by atoms with Crippen molar-refractivity contribution in [3.8, 4) is 0 Å². The number of Topliss-reactive ketones (excluding diaryl/α,β-unsaturated/α-hetero) is 1. The first-order valence-electron chi connectivity index (χ1n) is 7.67. The highest BCUT2D eigenvalue weighted by Crippen LogP contribution is 2.09. The van der Waals surface area contributed by atoms with Crippen LogP contribution in [-0.2, 0) is 17.7 Å². The van der Waals surface area contributed by atoms with Crippen molar-refractivity contribution in [3.63, 3.8) is 0 Å². The van der Waals surface area contributed by atoms with Gasteiger partial charge in [-0.25, -0.2) is 4.79 Å². The number of rotatable bonds is 5. The zero-order valence-corrected chi connectivity index (χ0v) is 14.1. The maximum absolute atomic E-state index is 12.2. The average molecular weight is 327 g/mol. The van der Waals surface area contributed by atoms with Gasteiger partial charge in [-0.2, -0.15) is 0 Å². The molecule has 0 aliphatic rings. The van der Waals surface area contributed by atoms with Gasteiger partial charge in [0, 0.05) is 30.7 Å². The van der Waals surface area contributed by atoms with Crippen molar-refractivity contribution in [2.24, 2.45) is 0 Å². The topological polar surface area (TPSA) is 81.2 Å². The van der Waals surface area contributed by atoms with Crippen LogP contribution in [0.3, 0.4) is 0 Å². The molecule has 126 valence electrons. The molecule has 1 amide bonds. The number of nitrogens with one attached hydrogen (secondary N) is 1.